The zero-order valence-electron chi connectivity index (χ0n) is 38.8. The average molecular weight is 1860 g/mol. The molecule has 0 amide bonds. The molecule has 0 unspecified atom stereocenters. The third-order valence-electron chi connectivity index (χ3n) is 9.35. The number of halogens is 5. The predicted octanol–water partition coefficient (Wildman–Crippen LogP) is 14.4. The first-order valence-electron chi connectivity index (χ1n) is 21.0. The summed E-state index contributed by atoms with van der Waals surface area (Å²) in [4.78, 5) is 20.7. The van der Waals surface area contributed by atoms with Gasteiger partial charge in [0.05, 0.1) is 0 Å². The first kappa shape index (κ1) is 65.8. The molecule has 0 aliphatic heterocycles. The Morgan fingerprint density at radius 3 is 1.14 bits per heavy atom. The van der Waals surface area contributed by atoms with E-state index in [9.17, 15) is 22.0 Å². The van der Waals surface area contributed by atoms with Crippen LogP contribution in [0.1, 0.15) is 16.7 Å². The van der Waals surface area contributed by atoms with E-state index >= 15 is 0 Å². The van der Waals surface area contributed by atoms with Crippen molar-refractivity contribution in [1.29, 1.82) is 0 Å². The number of nitrogens with zero attached hydrogens (tertiary/aromatic N) is 5. The summed E-state index contributed by atoms with van der Waals surface area (Å²) in [5.41, 5.74) is 10.3. The van der Waals surface area contributed by atoms with Crippen molar-refractivity contribution in [3.63, 3.8) is 0 Å². The number of hydrogen-bond donors (Lipinski definition) is 0. The number of pyridine rings is 5. The minimum atomic E-state index is -0.291. The Labute approximate surface area is 490 Å². The Balaban J connectivity index is 0.000000449. The van der Waals surface area contributed by atoms with E-state index in [0.29, 0.717) is 22.5 Å². The van der Waals surface area contributed by atoms with E-state index in [1.54, 1.807) is 85.6 Å². The van der Waals surface area contributed by atoms with Crippen molar-refractivity contribution in [2.75, 3.05) is 0 Å². The third kappa shape index (κ3) is 22.0. The van der Waals surface area contributed by atoms with Crippen LogP contribution in [-0.4, -0.2) is 24.9 Å². The summed E-state index contributed by atoms with van der Waals surface area (Å²) in [5.74, 6) is -1.41. The van der Waals surface area contributed by atoms with Crippen LogP contribution in [0, 0.1) is 80.2 Å². The van der Waals surface area contributed by atoms with Crippen LogP contribution in [0.5, 0.6) is 0 Å². The van der Waals surface area contributed by atoms with Gasteiger partial charge in [0.2, 0.25) is 0 Å². The molecule has 5 aromatic heterocycles. The first-order chi connectivity index (χ1) is 33.0. The van der Waals surface area contributed by atoms with Gasteiger partial charge in [0, 0.05) is 161 Å². The number of aromatic nitrogens is 5. The Kier molecular flexibility index (Phi) is 31.6. The van der Waals surface area contributed by atoms with Gasteiger partial charge in [-0.3, -0.25) is 22.0 Å². The van der Waals surface area contributed by atoms with Gasteiger partial charge in [-0.1, -0.05) is 70.8 Å². The molecule has 0 atom stereocenters. The average Bonchev–Trinajstić information content (AvgIpc) is 3.37. The van der Waals surface area contributed by atoms with Crippen molar-refractivity contribution in [2.45, 2.75) is 20.8 Å². The van der Waals surface area contributed by atoms with Crippen LogP contribution < -0.4 is 0 Å². The molecule has 10 aromatic rings. The van der Waals surface area contributed by atoms with Crippen molar-refractivity contribution < 1.29 is 122 Å². The van der Waals surface area contributed by atoms with Gasteiger partial charge in [0.25, 0.3) is 0 Å². The molecule has 5 nitrogen and oxygen atoms in total. The second-order valence-corrected chi connectivity index (χ2v) is 14.6. The summed E-state index contributed by atoms with van der Waals surface area (Å²) in [6, 6.07) is 59.2. The molecule has 10 rings (SSSR count). The number of hydrogen-bond acceptors (Lipinski definition) is 5. The third-order valence-corrected chi connectivity index (χ3v) is 9.35. The fourth-order valence-electron chi connectivity index (χ4n) is 5.94. The second-order valence-electron chi connectivity index (χ2n) is 14.6. The van der Waals surface area contributed by atoms with Crippen molar-refractivity contribution in [3.05, 3.63) is 271 Å². The van der Waals surface area contributed by atoms with Gasteiger partial charge >= 0.3 is 0 Å². The monoisotopic (exact) mass is 1870 g/mol. The number of aryl methyl sites for hydroxylation is 3. The van der Waals surface area contributed by atoms with Crippen molar-refractivity contribution in [2.24, 2.45) is 0 Å². The smallest absolute Gasteiger partial charge is 0.0380 e. The van der Waals surface area contributed by atoms with Crippen LogP contribution >= 0.6 is 0 Å². The molecule has 0 fully saturated rings. The normalized spacial score (nSPS) is 9.37. The molecule has 0 saturated heterocycles. The molecule has 0 bridgehead atoms. The van der Waals surface area contributed by atoms with E-state index in [4.69, 9.17) is 0 Å². The molecule has 0 saturated carbocycles. The summed E-state index contributed by atoms with van der Waals surface area (Å²) in [6.07, 6.45) is 8.53. The zero-order chi connectivity index (χ0) is 48.1. The molecule has 0 N–H and O–H groups in total. The Morgan fingerprint density at radius 2 is 0.740 bits per heavy atom. The van der Waals surface area contributed by atoms with E-state index in [1.165, 1.54) is 48.5 Å². The van der Waals surface area contributed by atoms with Crippen LogP contribution in [0.2, 0.25) is 0 Å². The van der Waals surface area contributed by atoms with E-state index in [0.717, 1.165) is 50.5 Å². The van der Waals surface area contributed by atoms with Crippen molar-refractivity contribution in [3.8, 4) is 56.3 Å². The first-order valence-corrected chi connectivity index (χ1v) is 21.0. The molecule has 15 heteroatoms. The standard InChI is InChI=1S/3C12H9FN.2C11H7FN.5Ir/c1-9-2-7-12(14-8-9)10-3-5-11(13)6-4-10;1-9-6-7-14-12(8-9)10-2-4-11(13)5-3-10;1-9-6-7-14-12(8-9)10-4-2-3-5-11(10)13;12-10-6-2-1-5-9(10)11-7-3-4-8-13-11;12-10-6-4-9(5-7-10)11-3-1-2-8-13-11;;;;;/h2-3,5-8H,1H3;2,4-8H,1H3;2-3,5-8H,1H3;2*1-4,6-8H;;;;;/q5*-1;;;;;. The van der Waals surface area contributed by atoms with Gasteiger partial charge in [0.1, 0.15) is 0 Å². The number of benzene rings is 5. The van der Waals surface area contributed by atoms with Gasteiger partial charge in [-0.25, -0.2) is 0 Å². The van der Waals surface area contributed by atoms with Gasteiger partial charge in [-0.2, -0.15) is 0 Å². The van der Waals surface area contributed by atoms with Crippen molar-refractivity contribution in [1.82, 2.24) is 24.9 Å². The Hall–Kier alpha value is -5.25. The molecule has 0 aliphatic rings. The molecule has 5 radical (unpaired) electrons. The zero-order valence-corrected chi connectivity index (χ0v) is 50.7. The van der Waals surface area contributed by atoms with Gasteiger partial charge in [-0.05, 0) is 79.1 Å². The fourth-order valence-corrected chi connectivity index (χ4v) is 5.94. The molecule has 5 aromatic carbocycles. The van der Waals surface area contributed by atoms with E-state index in [2.05, 4.69) is 55.3 Å². The van der Waals surface area contributed by atoms with Crippen LogP contribution in [-0.2, 0) is 101 Å². The molecular formula is C58H41F5Ir5N5-5. The number of rotatable bonds is 5. The van der Waals surface area contributed by atoms with Gasteiger partial charge in [0.15, 0.2) is 0 Å². The summed E-state index contributed by atoms with van der Waals surface area (Å²) in [7, 11) is 0. The van der Waals surface area contributed by atoms with Crippen LogP contribution in [0.3, 0.4) is 0 Å². The summed E-state index contributed by atoms with van der Waals surface area (Å²) >= 11 is 0. The fraction of sp³-hybridized carbons (Fsp3) is 0.0517. The summed E-state index contributed by atoms with van der Waals surface area (Å²) in [5, 5.41) is 0. The predicted molar refractivity (Wildman–Crippen MR) is 257 cm³/mol. The van der Waals surface area contributed by atoms with Crippen LogP contribution in [0.4, 0.5) is 22.0 Å². The molecular weight excluding hydrogens is 1820 g/mol. The maximum absolute atomic E-state index is 13.3. The maximum atomic E-state index is 13.3. The van der Waals surface area contributed by atoms with Crippen molar-refractivity contribution >= 4 is 0 Å². The maximum Gasteiger partial charge on any atom is 0.0380 e. The topological polar surface area (TPSA) is 64.5 Å². The minimum Gasteiger partial charge on any atom is -0.305 e. The van der Waals surface area contributed by atoms with E-state index in [-0.39, 0.29) is 130 Å². The molecule has 0 aliphatic carbocycles. The minimum absolute atomic E-state index is 0. The van der Waals surface area contributed by atoms with E-state index < -0.39 is 0 Å². The van der Waals surface area contributed by atoms with Crippen LogP contribution in [0.25, 0.3) is 56.3 Å². The van der Waals surface area contributed by atoms with Gasteiger partial charge in [-0.15, -0.1) is 138 Å². The summed E-state index contributed by atoms with van der Waals surface area (Å²) < 4.78 is 64.3. The second kappa shape index (κ2) is 35.0. The van der Waals surface area contributed by atoms with E-state index in [1.807, 2.05) is 81.4 Å². The molecule has 383 valence electrons. The molecule has 73 heavy (non-hydrogen) atoms. The Bertz CT molecular complexity index is 3050. The van der Waals surface area contributed by atoms with Crippen LogP contribution in [0.15, 0.2) is 195 Å². The molecule has 0 spiro atoms. The quantitative estimate of drug-likeness (QED) is 0.127. The summed E-state index contributed by atoms with van der Waals surface area (Å²) in [6.45, 7) is 5.92. The Morgan fingerprint density at radius 1 is 0.329 bits per heavy atom. The largest absolute Gasteiger partial charge is 0.305 e. The molecule has 5 heterocycles. The SMILES string of the molecule is Cc1ccc(-c2[c-]cc(F)cc2)nc1.Cc1ccnc(-c2[c-]cc(F)cc2)c1.Cc1ccnc(-c2[c-]cccc2F)c1.Fc1c[c-]c(-c2ccccn2)cc1.Fc1ccc[c-]c1-c1ccccn1.[Ir].[Ir].[Ir].[Ir].[Ir]. The van der Waals surface area contributed by atoms with Gasteiger partial charge < -0.3 is 24.9 Å².